The van der Waals surface area contributed by atoms with E-state index in [0.717, 1.165) is 17.7 Å². The van der Waals surface area contributed by atoms with Crippen LogP contribution in [0.15, 0.2) is 42.7 Å². The number of halogens is 3. The maximum absolute atomic E-state index is 13.3. The van der Waals surface area contributed by atoms with Crippen LogP contribution < -0.4 is 10.2 Å². The Labute approximate surface area is 193 Å². The lowest BCUT2D eigenvalue weighted by atomic mass is 10.1. The van der Waals surface area contributed by atoms with Gasteiger partial charge in [-0.05, 0) is 49.7 Å². The number of hydrogen-bond acceptors (Lipinski definition) is 6. The average molecular weight is 476 g/mol. The van der Waals surface area contributed by atoms with Crippen molar-refractivity contribution in [1.29, 1.82) is 0 Å². The molecule has 1 fully saturated rings. The van der Waals surface area contributed by atoms with Crippen molar-refractivity contribution < 1.29 is 32.2 Å². The van der Waals surface area contributed by atoms with Crippen LogP contribution in [0.25, 0.3) is 5.65 Å². The highest BCUT2D eigenvalue weighted by atomic mass is 19.4. The van der Waals surface area contributed by atoms with Gasteiger partial charge in [-0.1, -0.05) is 0 Å². The summed E-state index contributed by atoms with van der Waals surface area (Å²) in [5, 5.41) is 2.49. The van der Waals surface area contributed by atoms with Gasteiger partial charge in [0, 0.05) is 25.5 Å². The molecule has 11 heteroatoms. The molecular weight excluding hydrogens is 453 g/mol. The molecule has 1 amide bonds. The third-order valence-corrected chi connectivity index (χ3v) is 5.41. The number of fused-ring (bicyclic) bond motifs is 1. The summed E-state index contributed by atoms with van der Waals surface area (Å²) in [5.74, 6) is -1.58. The van der Waals surface area contributed by atoms with Gasteiger partial charge in [-0.3, -0.25) is 4.79 Å². The molecule has 4 rings (SSSR count). The van der Waals surface area contributed by atoms with Crippen molar-refractivity contribution in [2.24, 2.45) is 0 Å². The highest BCUT2D eigenvalue weighted by molar-refractivity contribution is 5.99. The van der Waals surface area contributed by atoms with Crippen molar-refractivity contribution in [1.82, 2.24) is 9.38 Å². The summed E-state index contributed by atoms with van der Waals surface area (Å²) in [4.78, 5) is 31.3. The summed E-state index contributed by atoms with van der Waals surface area (Å²) in [6, 6.07) is 6.80. The highest BCUT2D eigenvalue weighted by Gasteiger charge is 2.32. The van der Waals surface area contributed by atoms with Gasteiger partial charge in [0.2, 0.25) is 0 Å². The lowest BCUT2D eigenvalue weighted by Crippen LogP contribution is -2.37. The molecule has 3 aromatic rings. The fourth-order valence-electron chi connectivity index (χ4n) is 3.58. The largest absolute Gasteiger partial charge is 0.448 e. The molecule has 1 atom stereocenters. The van der Waals surface area contributed by atoms with Crippen LogP contribution in [0.4, 0.5) is 24.5 Å². The van der Waals surface area contributed by atoms with Crippen LogP contribution in [0.5, 0.6) is 0 Å². The zero-order valence-corrected chi connectivity index (χ0v) is 18.6. The van der Waals surface area contributed by atoms with Crippen molar-refractivity contribution in [2.75, 3.05) is 36.5 Å². The number of amides is 1. The third kappa shape index (κ3) is 5.14. The standard InChI is InChI=1S/C23H23F3N4O4/c1-14-5-6-30-13-18(27-20(30)11-14)22(32)34-15(2)21(31)28-17-12-16(23(24,25)26)3-4-19(17)29-7-9-33-10-8-29/h3-6,11-13,15H,7-10H2,1-2H3,(H,28,31)/t15-/m0/s1. The van der Waals surface area contributed by atoms with Gasteiger partial charge in [-0.2, -0.15) is 13.2 Å². The Bertz CT molecular complexity index is 1220. The summed E-state index contributed by atoms with van der Waals surface area (Å²) in [6.07, 6.45) is -2.63. The fraction of sp³-hybridized carbons (Fsp3) is 0.348. The van der Waals surface area contributed by atoms with E-state index >= 15 is 0 Å². The van der Waals surface area contributed by atoms with Gasteiger partial charge >= 0.3 is 12.1 Å². The Hall–Kier alpha value is -3.60. The SMILES string of the molecule is Cc1ccn2cc(C(=O)O[C@@H](C)C(=O)Nc3cc(C(F)(F)F)ccc3N3CCOCC3)nc2c1. The van der Waals surface area contributed by atoms with E-state index in [9.17, 15) is 22.8 Å². The molecule has 0 radical (unpaired) electrons. The van der Waals surface area contributed by atoms with E-state index in [4.69, 9.17) is 9.47 Å². The molecule has 2 aromatic heterocycles. The number of anilines is 2. The number of rotatable bonds is 5. The van der Waals surface area contributed by atoms with Crippen LogP contribution in [0.1, 0.15) is 28.5 Å². The third-order valence-electron chi connectivity index (χ3n) is 5.41. The van der Waals surface area contributed by atoms with Crippen LogP contribution in [0.3, 0.4) is 0 Å². The molecule has 1 aliphatic heterocycles. The Morgan fingerprint density at radius 1 is 1.18 bits per heavy atom. The first-order valence-electron chi connectivity index (χ1n) is 10.6. The fourth-order valence-corrected chi connectivity index (χ4v) is 3.58. The van der Waals surface area contributed by atoms with Crippen LogP contribution in [0.2, 0.25) is 0 Å². The number of nitrogens with one attached hydrogen (secondary N) is 1. The number of carbonyl (C=O) groups is 2. The van der Waals surface area contributed by atoms with E-state index in [-0.39, 0.29) is 11.4 Å². The number of morpholine rings is 1. The number of alkyl halides is 3. The topological polar surface area (TPSA) is 85.2 Å². The molecule has 0 unspecified atom stereocenters. The number of benzene rings is 1. The molecular formula is C23H23F3N4O4. The maximum Gasteiger partial charge on any atom is 0.416 e. The second-order valence-corrected chi connectivity index (χ2v) is 7.96. The van der Waals surface area contributed by atoms with Gasteiger partial charge in [-0.25, -0.2) is 9.78 Å². The van der Waals surface area contributed by atoms with Gasteiger partial charge in [-0.15, -0.1) is 0 Å². The normalized spacial score (nSPS) is 15.3. The summed E-state index contributed by atoms with van der Waals surface area (Å²) < 4.78 is 52.0. The monoisotopic (exact) mass is 476 g/mol. The first-order valence-corrected chi connectivity index (χ1v) is 10.6. The predicted octanol–water partition coefficient (Wildman–Crippen LogP) is 3.68. The number of pyridine rings is 1. The van der Waals surface area contributed by atoms with E-state index in [1.54, 1.807) is 16.7 Å². The molecule has 3 heterocycles. The van der Waals surface area contributed by atoms with Crippen molar-refractivity contribution >= 4 is 28.9 Å². The van der Waals surface area contributed by atoms with Crippen molar-refractivity contribution in [3.63, 3.8) is 0 Å². The molecule has 180 valence electrons. The molecule has 1 aromatic carbocycles. The second kappa shape index (κ2) is 9.34. The number of hydrogen-bond donors (Lipinski definition) is 1. The first kappa shape index (κ1) is 23.6. The number of aryl methyl sites for hydroxylation is 1. The second-order valence-electron chi connectivity index (χ2n) is 7.96. The summed E-state index contributed by atoms with van der Waals surface area (Å²) in [7, 11) is 0. The molecule has 1 N–H and O–H groups in total. The Balaban J connectivity index is 1.51. The van der Waals surface area contributed by atoms with Gasteiger partial charge in [0.25, 0.3) is 5.91 Å². The number of esters is 1. The van der Waals surface area contributed by atoms with Crippen molar-refractivity contribution in [3.05, 3.63) is 59.5 Å². The maximum atomic E-state index is 13.3. The molecule has 1 aliphatic rings. The minimum atomic E-state index is -4.58. The number of nitrogens with zero attached hydrogens (tertiary/aromatic N) is 3. The molecule has 34 heavy (non-hydrogen) atoms. The highest BCUT2D eigenvalue weighted by Crippen LogP contribution is 2.36. The summed E-state index contributed by atoms with van der Waals surface area (Å²) >= 11 is 0. The Kier molecular flexibility index (Phi) is 6.47. The van der Waals surface area contributed by atoms with Crippen LogP contribution in [-0.4, -0.2) is 53.7 Å². The first-order chi connectivity index (χ1) is 16.1. The van der Waals surface area contributed by atoms with E-state index in [2.05, 4.69) is 10.3 Å². The van der Waals surface area contributed by atoms with Gasteiger partial charge < -0.3 is 24.1 Å². The van der Waals surface area contributed by atoms with Crippen LogP contribution >= 0.6 is 0 Å². The van der Waals surface area contributed by atoms with E-state index < -0.39 is 29.7 Å². The van der Waals surface area contributed by atoms with Crippen LogP contribution in [0, 0.1) is 6.92 Å². The Morgan fingerprint density at radius 3 is 2.62 bits per heavy atom. The number of imidazole rings is 1. The zero-order valence-electron chi connectivity index (χ0n) is 18.6. The smallest absolute Gasteiger partial charge is 0.416 e. The van der Waals surface area contributed by atoms with Crippen LogP contribution in [-0.2, 0) is 20.4 Å². The van der Waals surface area contributed by atoms with Gasteiger partial charge in [0.15, 0.2) is 11.8 Å². The van der Waals surface area contributed by atoms with E-state index in [0.29, 0.717) is 37.6 Å². The lowest BCUT2D eigenvalue weighted by molar-refractivity contribution is -0.137. The molecule has 0 spiro atoms. The van der Waals surface area contributed by atoms with Crippen molar-refractivity contribution in [3.8, 4) is 0 Å². The summed E-state index contributed by atoms with van der Waals surface area (Å²) in [5.41, 5.74) is 1.03. The molecule has 1 saturated heterocycles. The number of ether oxygens (including phenoxy) is 2. The van der Waals surface area contributed by atoms with Crippen molar-refractivity contribution in [2.45, 2.75) is 26.1 Å². The molecule has 0 saturated carbocycles. The lowest BCUT2D eigenvalue weighted by Gasteiger charge is -2.31. The van der Waals surface area contributed by atoms with E-state index in [1.807, 2.05) is 17.9 Å². The van der Waals surface area contributed by atoms with E-state index in [1.165, 1.54) is 19.2 Å². The number of carbonyl (C=O) groups excluding carboxylic acids is 2. The number of aromatic nitrogens is 2. The zero-order chi connectivity index (χ0) is 24.5. The summed E-state index contributed by atoms with van der Waals surface area (Å²) in [6.45, 7) is 4.99. The molecule has 8 nitrogen and oxygen atoms in total. The van der Waals surface area contributed by atoms with Gasteiger partial charge in [0.1, 0.15) is 5.65 Å². The molecule has 0 aliphatic carbocycles. The average Bonchev–Trinajstić information content (AvgIpc) is 3.22. The Morgan fingerprint density at radius 2 is 1.91 bits per heavy atom. The minimum Gasteiger partial charge on any atom is -0.448 e. The minimum absolute atomic E-state index is 0.0123. The van der Waals surface area contributed by atoms with Gasteiger partial charge in [0.05, 0.1) is 30.2 Å². The predicted molar refractivity (Wildman–Crippen MR) is 118 cm³/mol. The quantitative estimate of drug-likeness (QED) is 0.566. The molecule has 0 bridgehead atoms.